The van der Waals surface area contributed by atoms with Gasteiger partial charge < -0.3 is 4.74 Å². The van der Waals surface area contributed by atoms with E-state index in [1.165, 1.54) is 57.3 Å². The third-order valence-electron chi connectivity index (χ3n) is 9.47. The molecule has 0 aliphatic carbocycles. The van der Waals surface area contributed by atoms with Gasteiger partial charge in [-0.15, -0.1) is 0 Å². The van der Waals surface area contributed by atoms with Crippen molar-refractivity contribution in [1.29, 1.82) is 0 Å². The number of hydrogen-bond donors (Lipinski definition) is 0. The number of hydrogen-bond acceptors (Lipinski definition) is 1. The highest BCUT2D eigenvalue weighted by atomic mass is 16.5. The molecular weight excluding hydrogens is 520 g/mol. The van der Waals surface area contributed by atoms with Gasteiger partial charge in [0.1, 0.15) is 11.5 Å². The van der Waals surface area contributed by atoms with Crippen LogP contribution >= 0.6 is 0 Å². The molecule has 0 radical (unpaired) electrons. The van der Waals surface area contributed by atoms with Crippen LogP contribution in [0, 0.1) is 6.92 Å². The Hall–Kier alpha value is -4.10. The number of benzene rings is 5. The van der Waals surface area contributed by atoms with Crippen molar-refractivity contribution in [2.24, 2.45) is 0 Å². The standard InChI is InChI=1S/C42H46O/c1-8-31(9-2)32-12-18-35(19-13-32)41(4,5)36-20-14-33(15-21-36)34-16-22-37(23-17-34)42(6,7)38-24-28-40(29-25-38)43-39-26-10-30(3)11-27-39/h10-29,31H,8-9H2,1-7H3. The van der Waals surface area contributed by atoms with Gasteiger partial charge in [-0.1, -0.05) is 144 Å². The van der Waals surface area contributed by atoms with Crippen molar-refractivity contribution in [3.63, 3.8) is 0 Å². The van der Waals surface area contributed by atoms with Gasteiger partial charge in [-0.3, -0.25) is 0 Å². The highest BCUT2D eigenvalue weighted by molar-refractivity contribution is 5.65. The van der Waals surface area contributed by atoms with Gasteiger partial charge in [0, 0.05) is 10.8 Å². The van der Waals surface area contributed by atoms with Crippen LogP contribution in [0.2, 0.25) is 0 Å². The molecule has 0 bridgehead atoms. The van der Waals surface area contributed by atoms with Gasteiger partial charge in [0.15, 0.2) is 0 Å². The van der Waals surface area contributed by atoms with Gasteiger partial charge in [-0.25, -0.2) is 0 Å². The van der Waals surface area contributed by atoms with Crippen LogP contribution in [0.4, 0.5) is 0 Å². The summed E-state index contributed by atoms with van der Waals surface area (Å²) in [7, 11) is 0. The summed E-state index contributed by atoms with van der Waals surface area (Å²) in [4.78, 5) is 0. The van der Waals surface area contributed by atoms with Crippen molar-refractivity contribution in [1.82, 2.24) is 0 Å². The maximum absolute atomic E-state index is 6.05. The Bertz CT molecular complexity index is 1600. The van der Waals surface area contributed by atoms with Gasteiger partial charge >= 0.3 is 0 Å². The lowest BCUT2D eigenvalue weighted by Gasteiger charge is -2.27. The second-order valence-electron chi connectivity index (χ2n) is 13.0. The van der Waals surface area contributed by atoms with Crippen molar-refractivity contribution in [2.45, 2.75) is 78.1 Å². The van der Waals surface area contributed by atoms with E-state index in [1.54, 1.807) is 0 Å². The molecule has 0 heterocycles. The normalized spacial score (nSPS) is 12.0. The second kappa shape index (κ2) is 12.6. The molecule has 5 aromatic rings. The van der Waals surface area contributed by atoms with E-state index in [1.807, 2.05) is 12.1 Å². The lowest BCUT2D eigenvalue weighted by atomic mass is 9.76. The average Bonchev–Trinajstić information content (AvgIpc) is 3.03. The third-order valence-corrected chi connectivity index (χ3v) is 9.47. The highest BCUT2D eigenvalue weighted by Gasteiger charge is 2.25. The molecule has 0 aliphatic rings. The molecular formula is C42H46O. The van der Waals surface area contributed by atoms with Crippen LogP contribution in [0.3, 0.4) is 0 Å². The molecule has 220 valence electrons. The van der Waals surface area contributed by atoms with E-state index in [-0.39, 0.29) is 10.8 Å². The van der Waals surface area contributed by atoms with Crippen LogP contribution < -0.4 is 4.74 Å². The summed E-state index contributed by atoms with van der Waals surface area (Å²) < 4.78 is 6.05. The Balaban J connectivity index is 1.28. The first-order valence-electron chi connectivity index (χ1n) is 15.8. The molecule has 0 unspecified atom stereocenters. The Kier molecular flexibility index (Phi) is 8.92. The van der Waals surface area contributed by atoms with E-state index < -0.39 is 0 Å². The summed E-state index contributed by atoms with van der Waals surface area (Å²) >= 11 is 0. The van der Waals surface area contributed by atoms with Gasteiger partial charge in [0.25, 0.3) is 0 Å². The summed E-state index contributed by atoms with van der Waals surface area (Å²) in [5.41, 5.74) is 10.2. The smallest absolute Gasteiger partial charge is 0.127 e. The molecule has 5 rings (SSSR count). The Morgan fingerprint density at radius 3 is 1.16 bits per heavy atom. The molecule has 1 heteroatoms. The highest BCUT2D eigenvalue weighted by Crippen LogP contribution is 2.36. The van der Waals surface area contributed by atoms with Crippen molar-refractivity contribution in [3.05, 3.63) is 155 Å². The first-order valence-corrected chi connectivity index (χ1v) is 15.8. The maximum Gasteiger partial charge on any atom is 0.127 e. The zero-order chi connectivity index (χ0) is 30.6. The molecule has 0 aliphatic heterocycles. The molecule has 5 aromatic carbocycles. The Morgan fingerprint density at radius 2 is 0.791 bits per heavy atom. The minimum atomic E-state index is -0.126. The summed E-state index contributed by atoms with van der Waals surface area (Å²) in [5, 5.41) is 0. The lowest BCUT2D eigenvalue weighted by Crippen LogP contribution is -2.19. The fourth-order valence-corrected chi connectivity index (χ4v) is 6.11. The molecule has 1 nitrogen and oxygen atoms in total. The van der Waals surface area contributed by atoms with Crippen molar-refractivity contribution in [3.8, 4) is 22.6 Å². The average molecular weight is 567 g/mol. The SMILES string of the molecule is CCC(CC)c1ccc(C(C)(C)c2ccc(-c3ccc(C(C)(C)c4ccc(Oc5ccc(C)cc5)cc4)cc3)cc2)cc1. The van der Waals surface area contributed by atoms with Gasteiger partial charge in [0.2, 0.25) is 0 Å². The van der Waals surface area contributed by atoms with Gasteiger partial charge in [0.05, 0.1) is 0 Å². The molecule has 0 N–H and O–H groups in total. The molecule has 0 aromatic heterocycles. The summed E-state index contributed by atoms with van der Waals surface area (Å²) in [5.74, 6) is 2.36. The van der Waals surface area contributed by atoms with Gasteiger partial charge in [-0.05, 0) is 88.9 Å². The number of aryl methyl sites for hydroxylation is 1. The van der Waals surface area contributed by atoms with Crippen LogP contribution in [-0.4, -0.2) is 0 Å². The second-order valence-corrected chi connectivity index (χ2v) is 13.0. The Morgan fingerprint density at radius 1 is 0.465 bits per heavy atom. The molecule has 0 spiro atoms. The van der Waals surface area contributed by atoms with E-state index in [0.29, 0.717) is 5.92 Å². The third kappa shape index (κ3) is 6.62. The topological polar surface area (TPSA) is 9.23 Å². The van der Waals surface area contributed by atoms with E-state index in [4.69, 9.17) is 4.74 Å². The molecule has 0 amide bonds. The monoisotopic (exact) mass is 566 g/mol. The van der Waals surface area contributed by atoms with Crippen LogP contribution in [0.5, 0.6) is 11.5 Å². The summed E-state index contributed by atoms with van der Waals surface area (Å²) in [6.07, 6.45) is 2.38. The molecule has 0 atom stereocenters. The van der Waals surface area contributed by atoms with Crippen molar-refractivity contribution in [2.75, 3.05) is 0 Å². The molecule has 0 saturated carbocycles. The predicted molar refractivity (Wildman–Crippen MR) is 184 cm³/mol. The van der Waals surface area contributed by atoms with E-state index in [9.17, 15) is 0 Å². The zero-order valence-electron chi connectivity index (χ0n) is 26.9. The fraction of sp³-hybridized carbons (Fsp3) is 0.286. The Labute approximate surface area is 259 Å². The first-order chi connectivity index (χ1) is 20.6. The minimum absolute atomic E-state index is 0.0560. The van der Waals surface area contributed by atoms with Crippen molar-refractivity contribution < 1.29 is 4.74 Å². The predicted octanol–water partition coefficient (Wildman–Crippen LogP) is 12.0. The minimum Gasteiger partial charge on any atom is -0.457 e. The summed E-state index contributed by atoms with van der Waals surface area (Å²) in [6.45, 7) is 15.9. The fourth-order valence-electron chi connectivity index (χ4n) is 6.11. The van der Waals surface area contributed by atoms with Crippen molar-refractivity contribution >= 4 is 0 Å². The van der Waals surface area contributed by atoms with Crippen LogP contribution in [0.15, 0.2) is 121 Å². The quantitative estimate of drug-likeness (QED) is 0.163. The van der Waals surface area contributed by atoms with Gasteiger partial charge in [-0.2, -0.15) is 0 Å². The van der Waals surface area contributed by atoms with Crippen LogP contribution in [0.25, 0.3) is 11.1 Å². The largest absolute Gasteiger partial charge is 0.457 e. The van der Waals surface area contributed by atoms with E-state index >= 15 is 0 Å². The molecule has 0 saturated heterocycles. The number of rotatable bonds is 10. The van der Waals surface area contributed by atoms with E-state index in [2.05, 4.69) is 158 Å². The van der Waals surface area contributed by atoms with Crippen LogP contribution in [-0.2, 0) is 10.8 Å². The maximum atomic E-state index is 6.05. The number of ether oxygens (including phenoxy) is 1. The molecule has 43 heavy (non-hydrogen) atoms. The summed E-state index contributed by atoms with van der Waals surface area (Å²) in [6, 6.07) is 44.1. The lowest BCUT2D eigenvalue weighted by molar-refractivity contribution is 0.481. The van der Waals surface area contributed by atoms with Crippen LogP contribution in [0.1, 0.15) is 93.7 Å². The van der Waals surface area contributed by atoms with E-state index in [0.717, 1.165) is 11.5 Å². The zero-order valence-corrected chi connectivity index (χ0v) is 26.9. The first kappa shape index (κ1) is 30.4. The molecule has 0 fully saturated rings.